The summed E-state index contributed by atoms with van der Waals surface area (Å²) in [5, 5.41) is 9.77. The van der Waals surface area contributed by atoms with Crippen LogP contribution >= 0.6 is 0 Å². The molecule has 1 N–H and O–H groups in total. The van der Waals surface area contributed by atoms with Crippen molar-refractivity contribution >= 4 is 0 Å². The molecule has 0 aliphatic heterocycles. The molecule has 0 unspecified atom stereocenters. The number of aromatic hydroxyl groups is 1. The maximum atomic E-state index is 9.77. The van der Waals surface area contributed by atoms with Crippen molar-refractivity contribution in [3.05, 3.63) is 64.7 Å². The number of rotatable bonds is 8. The predicted octanol–water partition coefficient (Wildman–Crippen LogP) is 6.63. The van der Waals surface area contributed by atoms with Gasteiger partial charge < -0.3 is 5.11 Å². The summed E-state index contributed by atoms with van der Waals surface area (Å²) in [5.74, 6) is 0.394. The second kappa shape index (κ2) is 11.7. The molecule has 0 saturated heterocycles. The minimum Gasteiger partial charge on any atom is -0.508 e. The first-order chi connectivity index (χ1) is 11.7. The van der Waals surface area contributed by atoms with Crippen LogP contribution in [0.4, 0.5) is 0 Å². The molecule has 1 heteroatoms. The Kier molecular flexibility index (Phi) is 9.91. The number of hydrogen-bond acceptors (Lipinski definition) is 1. The van der Waals surface area contributed by atoms with Gasteiger partial charge >= 0.3 is 0 Å². The van der Waals surface area contributed by atoms with Crippen LogP contribution in [0.25, 0.3) is 0 Å². The zero-order chi connectivity index (χ0) is 17.8. The van der Waals surface area contributed by atoms with E-state index in [1.165, 1.54) is 47.9 Å². The van der Waals surface area contributed by atoms with E-state index in [4.69, 9.17) is 0 Å². The summed E-state index contributed by atoms with van der Waals surface area (Å²) in [7, 11) is 0. The zero-order valence-corrected chi connectivity index (χ0v) is 15.9. The molecule has 1 nitrogen and oxygen atoms in total. The molecule has 0 amide bonds. The van der Waals surface area contributed by atoms with Gasteiger partial charge in [0.1, 0.15) is 5.75 Å². The van der Waals surface area contributed by atoms with Crippen LogP contribution in [0.1, 0.15) is 68.7 Å². The Morgan fingerprint density at radius 2 is 1.46 bits per heavy atom. The molecule has 0 bridgehead atoms. The standard InChI is InChI=1S/C21H28O.C2H6/c1-3-4-5-6-11-20-16-21(22)15-14-19(20)13-12-18-10-8-7-9-17(18)2;1-2/h7-10,14-16,22H,3-6,11-13H2,1-2H3;1-2H3. The lowest BCUT2D eigenvalue weighted by atomic mass is 9.94. The molecule has 0 spiro atoms. The Labute approximate surface area is 148 Å². The SMILES string of the molecule is CC.CCCCCCc1cc(O)ccc1CCc1ccccc1C. The first-order valence-corrected chi connectivity index (χ1v) is 9.56. The molecule has 0 aliphatic rings. The average Bonchev–Trinajstić information content (AvgIpc) is 2.61. The van der Waals surface area contributed by atoms with Gasteiger partial charge in [-0.3, -0.25) is 0 Å². The Morgan fingerprint density at radius 1 is 0.750 bits per heavy atom. The molecular formula is C23H34O. The van der Waals surface area contributed by atoms with Crippen molar-refractivity contribution < 1.29 is 5.11 Å². The van der Waals surface area contributed by atoms with Gasteiger partial charge in [0.05, 0.1) is 0 Å². The van der Waals surface area contributed by atoms with Crippen LogP contribution in [-0.2, 0) is 19.3 Å². The summed E-state index contributed by atoms with van der Waals surface area (Å²) in [6.07, 6.45) is 8.26. The van der Waals surface area contributed by atoms with Crippen molar-refractivity contribution in [1.82, 2.24) is 0 Å². The fourth-order valence-electron chi connectivity index (χ4n) is 2.99. The largest absolute Gasteiger partial charge is 0.508 e. The minimum atomic E-state index is 0.394. The highest BCUT2D eigenvalue weighted by atomic mass is 16.3. The molecule has 2 aromatic rings. The maximum Gasteiger partial charge on any atom is 0.115 e. The Hall–Kier alpha value is -1.76. The van der Waals surface area contributed by atoms with E-state index in [9.17, 15) is 5.11 Å². The highest BCUT2D eigenvalue weighted by Crippen LogP contribution is 2.21. The van der Waals surface area contributed by atoms with Gasteiger partial charge in [-0.2, -0.15) is 0 Å². The van der Waals surface area contributed by atoms with Gasteiger partial charge in [0, 0.05) is 0 Å². The van der Waals surface area contributed by atoms with Gasteiger partial charge in [-0.15, -0.1) is 0 Å². The monoisotopic (exact) mass is 326 g/mol. The summed E-state index contributed by atoms with van der Waals surface area (Å²) in [6, 6.07) is 14.5. The van der Waals surface area contributed by atoms with Gasteiger partial charge in [-0.1, -0.05) is 70.4 Å². The number of phenolic OH excluding ortho intramolecular Hbond substituents is 1. The topological polar surface area (TPSA) is 20.2 Å². The molecule has 0 fully saturated rings. The molecule has 0 aromatic heterocycles. The molecule has 24 heavy (non-hydrogen) atoms. The third kappa shape index (κ3) is 6.78. The number of benzene rings is 2. The lowest BCUT2D eigenvalue weighted by Gasteiger charge is -2.11. The minimum absolute atomic E-state index is 0.394. The van der Waals surface area contributed by atoms with Crippen LogP contribution in [0.3, 0.4) is 0 Å². The van der Waals surface area contributed by atoms with Gasteiger partial charge in [0.25, 0.3) is 0 Å². The molecule has 0 atom stereocenters. The molecule has 2 aromatic carbocycles. The van der Waals surface area contributed by atoms with Gasteiger partial charge in [0.15, 0.2) is 0 Å². The Bertz CT molecular complexity index is 586. The number of phenols is 1. The molecule has 0 radical (unpaired) electrons. The van der Waals surface area contributed by atoms with Crippen molar-refractivity contribution in [2.24, 2.45) is 0 Å². The van der Waals surface area contributed by atoms with Crippen LogP contribution in [0.2, 0.25) is 0 Å². The summed E-state index contributed by atoms with van der Waals surface area (Å²) in [6.45, 7) is 8.42. The Balaban J connectivity index is 0.00000139. The third-order valence-corrected chi connectivity index (χ3v) is 4.41. The molecule has 132 valence electrons. The van der Waals surface area contributed by atoms with Crippen LogP contribution in [-0.4, -0.2) is 5.11 Å². The van der Waals surface area contributed by atoms with E-state index in [1.54, 1.807) is 0 Å². The lowest BCUT2D eigenvalue weighted by molar-refractivity contribution is 0.474. The van der Waals surface area contributed by atoms with Gasteiger partial charge in [-0.05, 0) is 67.0 Å². The predicted molar refractivity (Wildman–Crippen MR) is 106 cm³/mol. The van der Waals surface area contributed by atoms with E-state index in [2.05, 4.69) is 44.2 Å². The molecule has 0 heterocycles. The second-order valence-corrected chi connectivity index (χ2v) is 6.19. The van der Waals surface area contributed by atoms with Crippen molar-refractivity contribution in [3.8, 4) is 5.75 Å². The average molecular weight is 327 g/mol. The van der Waals surface area contributed by atoms with Gasteiger partial charge in [0.2, 0.25) is 0 Å². The summed E-state index contributed by atoms with van der Waals surface area (Å²) in [5.41, 5.74) is 5.50. The number of unbranched alkanes of at least 4 members (excludes halogenated alkanes) is 3. The third-order valence-electron chi connectivity index (χ3n) is 4.41. The van der Waals surface area contributed by atoms with E-state index in [0.717, 1.165) is 19.3 Å². The normalized spacial score (nSPS) is 10.2. The Morgan fingerprint density at radius 3 is 2.17 bits per heavy atom. The molecular weight excluding hydrogens is 292 g/mol. The number of aryl methyl sites for hydroxylation is 4. The second-order valence-electron chi connectivity index (χ2n) is 6.19. The maximum absolute atomic E-state index is 9.77. The van der Waals surface area contributed by atoms with Crippen LogP contribution in [0.5, 0.6) is 5.75 Å². The fourth-order valence-corrected chi connectivity index (χ4v) is 2.99. The van der Waals surface area contributed by atoms with Crippen molar-refractivity contribution in [3.63, 3.8) is 0 Å². The van der Waals surface area contributed by atoms with Crippen LogP contribution < -0.4 is 0 Å². The van der Waals surface area contributed by atoms with E-state index in [-0.39, 0.29) is 0 Å². The highest BCUT2D eigenvalue weighted by molar-refractivity contribution is 5.36. The van der Waals surface area contributed by atoms with E-state index < -0.39 is 0 Å². The summed E-state index contributed by atoms with van der Waals surface area (Å²) < 4.78 is 0. The van der Waals surface area contributed by atoms with E-state index in [0.29, 0.717) is 5.75 Å². The lowest BCUT2D eigenvalue weighted by Crippen LogP contribution is -1.99. The quantitative estimate of drug-likeness (QED) is 0.539. The fraction of sp³-hybridized carbons (Fsp3) is 0.478. The van der Waals surface area contributed by atoms with E-state index >= 15 is 0 Å². The number of hydrogen-bond donors (Lipinski definition) is 1. The first kappa shape index (κ1) is 20.3. The van der Waals surface area contributed by atoms with Gasteiger partial charge in [-0.25, -0.2) is 0 Å². The smallest absolute Gasteiger partial charge is 0.115 e. The molecule has 0 saturated carbocycles. The van der Waals surface area contributed by atoms with Crippen molar-refractivity contribution in [2.45, 2.75) is 72.6 Å². The van der Waals surface area contributed by atoms with E-state index in [1.807, 2.05) is 26.0 Å². The molecule has 2 rings (SSSR count). The van der Waals surface area contributed by atoms with Crippen LogP contribution in [0, 0.1) is 6.92 Å². The van der Waals surface area contributed by atoms with Crippen molar-refractivity contribution in [1.29, 1.82) is 0 Å². The zero-order valence-electron chi connectivity index (χ0n) is 15.9. The summed E-state index contributed by atoms with van der Waals surface area (Å²) in [4.78, 5) is 0. The first-order valence-electron chi connectivity index (χ1n) is 9.56. The molecule has 0 aliphatic carbocycles. The van der Waals surface area contributed by atoms with Crippen LogP contribution in [0.15, 0.2) is 42.5 Å². The summed E-state index contributed by atoms with van der Waals surface area (Å²) >= 11 is 0. The van der Waals surface area contributed by atoms with Crippen molar-refractivity contribution in [2.75, 3.05) is 0 Å². The highest BCUT2D eigenvalue weighted by Gasteiger charge is 2.06.